The van der Waals surface area contributed by atoms with E-state index in [0.717, 1.165) is 6.21 Å². The predicted octanol–water partition coefficient (Wildman–Crippen LogP) is 2.18. The van der Waals surface area contributed by atoms with Gasteiger partial charge in [0.1, 0.15) is 11.3 Å². The molecule has 20 heavy (non-hydrogen) atoms. The summed E-state index contributed by atoms with van der Waals surface area (Å²) in [6.45, 7) is 1.34. The van der Waals surface area contributed by atoms with E-state index < -0.39 is 11.9 Å². The largest absolute Gasteiger partial charge is 0.512 e. The summed E-state index contributed by atoms with van der Waals surface area (Å²) in [6.07, 6.45) is 1.14. The van der Waals surface area contributed by atoms with E-state index in [2.05, 4.69) is 14.5 Å². The Morgan fingerprint density at radius 2 is 1.85 bits per heavy atom. The molecule has 0 radical (unpaired) electrons. The Hall–Kier alpha value is -2.63. The molecule has 6 heteroatoms. The van der Waals surface area contributed by atoms with Crippen molar-refractivity contribution in [1.29, 1.82) is 0 Å². The van der Waals surface area contributed by atoms with Crippen LogP contribution in [0.1, 0.15) is 17.3 Å². The van der Waals surface area contributed by atoms with Crippen LogP contribution in [0.5, 0.6) is 0 Å². The maximum absolute atomic E-state index is 11.6. The number of aliphatic imine (C=N–C) groups is 1. The van der Waals surface area contributed by atoms with Gasteiger partial charge in [-0.05, 0) is 19.1 Å². The summed E-state index contributed by atoms with van der Waals surface area (Å²) in [4.78, 5) is 27.0. The number of esters is 2. The van der Waals surface area contributed by atoms with E-state index in [0.29, 0.717) is 5.69 Å². The number of carbonyl (C=O) groups excluding carboxylic acids is 2. The van der Waals surface area contributed by atoms with Crippen molar-refractivity contribution in [2.24, 2.45) is 4.99 Å². The molecule has 0 aliphatic heterocycles. The van der Waals surface area contributed by atoms with Crippen molar-refractivity contribution >= 4 is 23.8 Å². The number of hydrogen-bond acceptors (Lipinski definition) is 6. The zero-order valence-corrected chi connectivity index (χ0v) is 11.4. The van der Waals surface area contributed by atoms with E-state index in [1.54, 1.807) is 24.3 Å². The van der Waals surface area contributed by atoms with Crippen molar-refractivity contribution < 1.29 is 24.2 Å². The van der Waals surface area contributed by atoms with E-state index in [1.165, 1.54) is 21.1 Å². The highest BCUT2D eigenvalue weighted by Crippen LogP contribution is 2.19. The highest BCUT2D eigenvalue weighted by molar-refractivity contribution is 6.10. The molecule has 0 saturated heterocycles. The summed E-state index contributed by atoms with van der Waals surface area (Å²) in [5.41, 5.74) is 0.486. The Bertz CT molecular complexity index is 571. The van der Waals surface area contributed by atoms with Gasteiger partial charge in [0.05, 0.1) is 25.5 Å². The number of ether oxygens (including phenoxy) is 2. The lowest BCUT2D eigenvalue weighted by Gasteiger charge is -2.04. The van der Waals surface area contributed by atoms with Crippen molar-refractivity contribution in [3.8, 4) is 0 Å². The van der Waals surface area contributed by atoms with E-state index in [9.17, 15) is 14.7 Å². The van der Waals surface area contributed by atoms with Crippen LogP contribution in [0.3, 0.4) is 0 Å². The highest BCUT2D eigenvalue weighted by Gasteiger charge is 2.13. The SMILES string of the molecule is COC(=O)/C(C=Nc1ccccc1C(=O)OC)=C(\C)O. The average molecular weight is 277 g/mol. The van der Waals surface area contributed by atoms with Crippen LogP contribution in [0.2, 0.25) is 0 Å². The maximum atomic E-state index is 11.6. The summed E-state index contributed by atoms with van der Waals surface area (Å²) in [6, 6.07) is 6.49. The topological polar surface area (TPSA) is 85.2 Å². The molecule has 0 aliphatic carbocycles. The van der Waals surface area contributed by atoms with Crippen LogP contribution in [0.4, 0.5) is 5.69 Å². The van der Waals surface area contributed by atoms with Gasteiger partial charge in [-0.25, -0.2) is 9.59 Å². The smallest absolute Gasteiger partial charge is 0.342 e. The standard InChI is InChI=1S/C14H15NO5/c1-9(16)11(14(18)20-3)8-15-12-7-5-4-6-10(12)13(17)19-2/h4-8,16H,1-3H3/b11-9+,15-8?. The fourth-order valence-electron chi connectivity index (χ4n) is 1.41. The molecule has 0 amide bonds. The molecule has 6 nitrogen and oxygen atoms in total. The van der Waals surface area contributed by atoms with Crippen molar-refractivity contribution in [3.05, 3.63) is 41.2 Å². The lowest BCUT2D eigenvalue weighted by molar-refractivity contribution is -0.135. The number of methoxy groups -OCH3 is 2. The van der Waals surface area contributed by atoms with Gasteiger partial charge in [-0.3, -0.25) is 4.99 Å². The first kappa shape index (κ1) is 15.4. The first-order chi connectivity index (χ1) is 9.51. The predicted molar refractivity (Wildman–Crippen MR) is 73.3 cm³/mol. The molecule has 0 spiro atoms. The Kier molecular flexibility index (Phi) is 5.46. The third-order valence-electron chi connectivity index (χ3n) is 2.44. The molecular formula is C14H15NO5. The van der Waals surface area contributed by atoms with Gasteiger partial charge in [0, 0.05) is 6.21 Å². The van der Waals surface area contributed by atoms with Gasteiger partial charge in [0.2, 0.25) is 0 Å². The molecule has 1 aromatic rings. The Morgan fingerprint density at radius 3 is 2.40 bits per heavy atom. The number of rotatable bonds is 4. The molecule has 1 N–H and O–H groups in total. The van der Waals surface area contributed by atoms with Crippen LogP contribution in [-0.2, 0) is 14.3 Å². The fraction of sp³-hybridized carbons (Fsp3) is 0.214. The van der Waals surface area contributed by atoms with Gasteiger partial charge in [0.25, 0.3) is 0 Å². The van der Waals surface area contributed by atoms with Crippen LogP contribution in [0, 0.1) is 0 Å². The first-order valence-corrected chi connectivity index (χ1v) is 5.70. The van der Waals surface area contributed by atoms with Gasteiger partial charge < -0.3 is 14.6 Å². The monoisotopic (exact) mass is 277 g/mol. The number of aliphatic hydroxyl groups excluding tert-OH is 1. The van der Waals surface area contributed by atoms with Crippen molar-refractivity contribution in [3.63, 3.8) is 0 Å². The number of nitrogens with zero attached hydrogens (tertiary/aromatic N) is 1. The second-order valence-corrected chi connectivity index (χ2v) is 3.76. The summed E-state index contributed by atoms with van der Waals surface area (Å²) in [5, 5.41) is 9.41. The Balaban J connectivity index is 3.16. The van der Waals surface area contributed by atoms with Gasteiger partial charge in [-0.15, -0.1) is 0 Å². The zero-order valence-electron chi connectivity index (χ0n) is 11.4. The highest BCUT2D eigenvalue weighted by atomic mass is 16.5. The lowest BCUT2D eigenvalue weighted by atomic mass is 10.2. The quantitative estimate of drug-likeness (QED) is 0.394. The number of benzene rings is 1. The molecule has 0 heterocycles. The molecular weight excluding hydrogens is 262 g/mol. The molecule has 0 fully saturated rings. The summed E-state index contributed by atoms with van der Waals surface area (Å²) < 4.78 is 9.16. The maximum Gasteiger partial charge on any atom is 0.342 e. The normalized spacial score (nSPS) is 11.9. The van der Waals surface area contributed by atoms with E-state index in [1.807, 2.05) is 0 Å². The minimum Gasteiger partial charge on any atom is -0.512 e. The Labute approximate surface area is 116 Å². The number of carbonyl (C=O) groups is 2. The zero-order chi connectivity index (χ0) is 15.1. The van der Waals surface area contributed by atoms with Crippen LogP contribution < -0.4 is 0 Å². The van der Waals surface area contributed by atoms with Crippen LogP contribution in [0.25, 0.3) is 0 Å². The van der Waals surface area contributed by atoms with Crippen molar-refractivity contribution in [2.45, 2.75) is 6.92 Å². The molecule has 0 aliphatic rings. The van der Waals surface area contributed by atoms with Crippen molar-refractivity contribution in [2.75, 3.05) is 14.2 Å². The van der Waals surface area contributed by atoms with Gasteiger partial charge in [-0.1, -0.05) is 12.1 Å². The molecule has 1 rings (SSSR count). The number of aliphatic hydroxyl groups is 1. The second-order valence-electron chi connectivity index (χ2n) is 3.76. The lowest BCUT2D eigenvalue weighted by Crippen LogP contribution is -2.08. The van der Waals surface area contributed by atoms with Crippen LogP contribution in [-0.4, -0.2) is 37.5 Å². The number of allylic oxidation sites excluding steroid dienone is 1. The summed E-state index contributed by atoms with van der Waals surface area (Å²) in [7, 11) is 2.46. The van der Waals surface area contributed by atoms with Crippen LogP contribution >= 0.6 is 0 Å². The molecule has 0 atom stereocenters. The van der Waals surface area contributed by atoms with Gasteiger partial charge in [-0.2, -0.15) is 0 Å². The average Bonchev–Trinajstić information content (AvgIpc) is 2.46. The molecule has 0 bridgehead atoms. The third-order valence-corrected chi connectivity index (χ3v) is 2.44. The van der Waals surface area contributed by atoms with Gasteiger partial charge in [0.15, 0.2) is 0 Å². The molecule has 0 aromatic heterocycles. The molecule has 1 aromatic carbocycles. The summed E-state index contributed by atoms with van der Waals surface area (Å²) >= 11 is 0. The van der Waals surface area contributed by atoms with E-state index in [4.69, 9.17) is 0 Å². The minimum atomic E-state index is -0.718. The van der Waals surface area contributed by atoms with Gasteiger partial charge >= 0.3 is 11.9 Å². The third kappa shape index (κ3) is 3.68. The number of hydrogen-bond donors (Lipinski definition) is 1. The minimum absolute atomic E-state index is 0.0906. The second kappa shape index (κ2) is 7.08. The Morgan fingerprint density at radius 1 is 1.20 bits per heavy atom. The fourth-order valence-corrected chi connectivity index (χ4v) is 1.41. The van der Waals surface area contributed by atoms with Crippen molar-refractivity contribution in [1.82, 2.24) is 0 Å². The molecule has 106 valence electrons. The molecule has 0 unspecified atom stereocenters. The number of para-hydroxylation sites is 1. The van der Waals surface area contributed by atoms with Crippen LogP contribution in [0.15, 0.2) is 40.6 Å². The van der Waals surface area contributed by atoms with E-state index in [-0.39, 0.29) is 16.9 Å². The first-order valence-electron chi connectivity index (χ1n) is 5.70. The molecule has 0 saturated carbocycles. The van der Waals surface area contributed by atoms with E-state index >= 15 is 0 Å². The summed E-state index contributed by atoms with van der Waals surface area (Å²) in [5.74, 6) is -1.48.